The first-order valence-corrected chi connectivity index (χ1v) is 6.06. The lowest BCUT2D eigenvalue weighted by atomic mass is 10.1. The van der Waals surface area contributed by atoms with Crippen molar-refractivity contribution in [3.63, 3.8) is 0 Å². The van der Waals surface area contributed by atoms with E-state index in [1.165, 1.54) is 0 Å². The maximum Gasteiger partial charge on any atom is 0.411 e. The molecule has 2 N–H and O–H groups in total. The Kier molecular flexibility index (Phi) is 6.41. The predicted molar refractivity (Wildman–Crippen MR) is 66.6 cm³/mol. The summed E-state index contributed by atoms with van der Waals surface area (Å²) in [5.41, 5.74) is 6.28. The number of hydrogen-bond donors (Lipinski definition) is 1. The van der Waals surface area contributed by atoms with Gasteiger partial charge in [0.1, 0.15) is 19.0 Å². The summed E-state index contributed by atoms with van der Waals surface area (Å²) in [6, 6.07) is 5.03. The average Bonchev–Trinajstić information content (AvgIpc) is 2.30. The molecular formula is C12H15ClF3NO2. The molecule has 0 unspecified atom stereocenters. The van der Waals surface area contributed by atoms with E-state index in [4.69, 9.17) is 22.1 Å². The topological polar surface area (TPSA) is 44.5 Å². The normalized spacial score (nSPS) is 11.6. The fourth-order valence-electron chi connectivity index (χ4n) is 1.44. The Morgan fingerprint density at radius 3 is 2.58 bits per heavy atom. The highest BCUT2D eigenvalue weighted by Gasteiger charge is 2.27. The SMILES string of the molecule is NCCc1cc(Cl)ccc1OCCOCC(F)(F)F. The number of alkyl halides is 3. The Balaban J connectivity index is 2.40. The standard InChI is InChI=1S/C12H15ClF3NO2/c13-10-1-2-11(9(7-10)3-4-17)19-6-5-18-8-12(14,15)16/h1-2,7H,3-6,8,17H2. The van der Waals surface area contributed by atoms with Gasteiger partial charge < -0.3 is 15.2 Å². The van der Waals surface area contributed by atoms with E-state index in [0.717, 1.165) is 5.56 Å². The molecule has 0 aliphatic carbocycles. The van der Waals surface area contributed by atoms with E-state index in [9.17, 15) is 13.2 Å². The van der Waals surface area contributed by atoms with Gasteiger partial charge in [0.2, 0.25) is 0 Å². The second-order valence-corrected chi connectivity index (χ2v) is 4.24. The quantitative estimate of drug-likeness (QED) is 0.787. The molecule has 3 nitrogen and oxygen atoms in total. The van der Waals surface area contributed by atoms with Gasteiger partial charge >= 0.3 is 6.18 Å². The first kappa shape index (κ1) is 16.1. The van der Waals surface area contributed by atoms with Gasteiger partial charge in [-0.15, -0.1) is 0 Å². The molecule has 0 saturated heterocycles. The number of rotatable bonds is 7. The van der Waals surface area contributed by atoms with Crippen LogP contribution >= 0.6 is 11.6 Å². The fourth-order valence-corrected chi connectivity index (χ4v) is 1.63. The van der Waals surface area contributed by atoms with Crippen molar-refractivity contribution < 1.29 is 22.6 Å². The molecule has 108 valence electrons. The molecular weight excluding hydrogens is 283 g/mol. The summed E-state index contributed by atoms with van der Waals surface area (Å²) < 4.78 is 45.3. The maximum atomic E-state index is 11.8. The highest BCUT2D eigenvalue weighted by Crippen LogP contribution is 2.23. The van der Waals surface area contributed by atoms with E-state index in [-0.39, 0.29) is 13.2 Å². The summed E-state index contributed by atoms with van der Waals surface area (Å²) in [5.74, 6) is 0.561. The van der Waals surface area contributed by atoms with Crippen LogP contribution in [-0.4, -0.2) is 32.5 Å². The second kappa shape index (κ2) is 7.57. The molecule has 0 bridgehead atoms. The zero-order chi connectivity index (χ0) is 14.3. The number of halogens is 4. The van der Waals surface area contributed by atoms with Crippen LogP contribution in [0.4, 0.5) is 13.2 Å². The highest BCUT2D eigenvalue weighted by molar-refractivity contribution is 6.30. The second-order valence-electron chi connectivity index (χ2n) is 3.81. The maximum absolute atomic E-state index is 11.8. The minimum absolute atomic E-state index is 0.0370. The van der Waals surface area contributed by atoms with Gasteiger partial charge in [0.05, 0.1) is 6.61 Å². The molecule has 1 aromatic carbocycles. The predicted octanol–water partition coefficient (Wildman–Crippen LogP) is 2.80. The number of hydrogen-bond acceptors (Lipinski definition) is 3. The Labute approximate surface area is 114 Å². The van der Waals surface area contributed by atoms with Crippen molar-refractivity contribution in [2.45, 2.75) is 12.6 Å². The zero-order valence-electron chi connectivity index (χ0n) is 10.2. The Morgan fingerprint density at radius 2 is 1.95 bits per heavy atom. The van der Waals surface area contributed by atoms with Crippen molar-refractivity contribution in [3.8, 4) is 5.75 Å². The third kappa shape index (κ3) is 6.66. The zero-order valence-corrected chi connectivity index (χ0v) is 10.9. The third-order valence-corrected chi connectivity index (χ3v) is 2.42. The Bertz CT molecular complexity index is 399. The van der Waals surface area contributed by atoms with Gasteiger partial charge in [-0.1, -0.05) is 11.6 Å². The van der Waals surface area contributed by atoms with Crippen LogP contribution in [0.25, 0.3) is 0 Å². The number of ether oxygens (including phenoxy) is 2. The molecule has 7 heteroatoms. The van der Waals surface area contributed by atoms with Gasteiger partial charge in [-0.25, -0.2) is 0 Å². The number of benzene rings is 1. The van der Waals surface area contributed by atoms with E-state index in [2.05, 4.69) is 4.74 Å². The molecule has 0 atom stereocenters. The van der Waals surface area contributed by atoms with E-state index in [1.807, 2.05) is 0 Å². The summed E-state index contributed by atoms with van der Waals surface area (Å²) in [6.45, 7) is -0.937. The largest absolute Gasteiger partial charge is 0.491 e. The Morgan fingerprint density at radius 1 is 1.21 bits per heavy atom. The summed E-state index contributed by atoms with van der Waals surface area (Å²) >= 11 is 5.84. The van der Waals surface area contributed by atoms with Gasteiger partial charge in [0.25, 0.3) is 0 Å². The molecule has 0 spiro atoms. The van der Waals surface area contributed by atoms with Crippen molar-refractivity contribution in [1.29, 1.82) is 0 Å². The monoisotopic (exact) mass is 297 g/mol. The molecule has 0 saturated carbocycles. The first-order chi connectivity index (χ1) is 8.92. The van der Waals surface area contributed by atoms with Crippen LogP contribution in [0.5, 0.6) is 5.75 Å². The highest BCUT2D eigenvalue weighted by atomic mass is 35.5. The van der Waals surface area contributed by atoms with Crippen molar-refractivity contribution in [3.05, 3.63) is 28.8 Å². The third-order valence-electron chi connectivity index (χ3n) is 2.19. The molecule has 1 rings (SSSR count). The van der Waals surface area contributed by atoms with E-state index in [0.29, 0.717) is 23.7 Å². The lowest BCUT2D eigenvalue weighted by Crippen LogP contribution is -2.19. The molecule has 19 heavy (non-hydrogen) atoms. The van der Waals surface area contributed by atoms with Gasteiger partial charge in [-0.3, -0.25) is 0 Å². The smallest absolute Gasteiger partial charge is 0.411 e. The van der Waals surface area contributed by atoms with Crippen molar-refractivity contribution in [2.75, 3.05) is 26.4 Å². The van der Waals surface area contributed by atoms with E-state index in [1.54, 1.807) is 18.2 Å². The summed E-state index contributed by atoms with van der Waals surface area (Å²) in [6.07, 6.45) is -3.73. The van der Waals surface area contributed by atoms with Crippen LogP contribution in [-0.2, 0) is 11.2 Å². The van der Waals surface area contributed by atoms with E-state index >= 15 is 0 Å². The van der Waals surface area contributed by atoms with Crippen LogP contribution in [0.1, 0.15) is 5.56 Å². The van der Waals surface area contributed by atoms with Gasteiger partial charge in [-0.05, 0) is 36.7 Å². The summed E-state index contributed by atoms with van der Waals surface area (Å²) in [5, 5.41) is 0.559. The van der Waals surface area contributed by atoms with E-state index < -0.39 is 12.8 Å². The summed E-state index contributed by atoms with van der Waals surface area (Å²) in [4.78, 5) is 0. The van der Waals surface area contributed by atoms with Crippen LogP contribution < -0.4 is 10.5 Å². The lowest BCUT2D eigenvalue weighted by Gasteiger charge is -2.12. The Hall–Kier alpha value is -0.980. The average molecular weight is 298 g/mol. The molecule has 0 aliphatic heterocycles. The lowest BCUT2D eigenvalue weighted by molar-refractivity contribution is -0.175. The van der Waals surface area contributed by atoms with Crippen LogP contribution in [0.15, 0.2) is 18.2 Å². The van der Waals surface area contributed by atoms with Gasteiger partial charge in [-0.2, -0.15) is 13.2 Å². The van der Waals surface area contributed by atoms with Gasteiger partial charge in [0.15, 0.2) is 0 Å². The number of nitrogens with two attached hydrogens (primary N) is 1. The van der Waals surface area contributed by atoms with Crippen LogP contribution in [0.3, 0.4) is 0 Å². The van der Waals surface area contributed by atoms with Crippen LogP contribution in [0.2, 0.25) is 5.02 Å². The van der Waals surface area contributed by atoms with Crippen molar-refractivity contribution in [2.24, 2.45) is 5.73 Å². The minimum Gasteiger partial charge on any atom is -0.491 e. The molecule has 1 aromatic rings. The molecule has 0 radical (unpaired) electrons. The minimum atomic E-state index is -4.31. The van der Waals surface area contributed by atoms with Crippen molar-refractivity contribution in [1.82, 2.24) is 0 Å². The van der Waals surface area contributed by atoms with Gasteiger partial charge in [0, 0.05) is 5.02 Å². The van der Waals surface area contributed by atoms with Crippen LogP contribution in [0, 0.1) is 0 Å². The fraction of sp³-hybridized carbons (Fsp3) is 0.500. The molecule has 0 aliphatic rings. The molecule has 0 amide bonds. The first-order valence-electron chi connectivity index (χ1n) is 5.68. The molecule has 0 fully saturated rings. The van der Waals surface area contributed by atoms with Crippen molar-refractivity contribution >= 4 is 11.6 Å². The molecule has 0 heterocycles. The summed E-state index contributed by atoms with van der Waals surface area (Å²) in [7, 11) is 0. The molecule has 0 aromatic heterocycles.